The van der Waals surface area contributed by atoms with Gasteiger partial charge in [-0.1, -0.05) is 6.07 Å². The van der Waals surface area contributed by atoms with E-state index in [1.165, 1.54) is 12.8 Å². The Morgan fingerprint density at radius 2 is 2.24 bits per heavy atom. The number of benzene rings is 1. The molecule has 1 heterocycles. The van der Waals surface area contributed by atoms with Crippen LogP contribution >= 0.6 is 11.6 Å². The molecule has 1 aromatic heterocycles. The molecule has 0 aliphatic heterocycles. The topological polar surface area (TPSA) is 30.3 Å². The van der Waals surface area contributed by atoms with Crippen molar-refractivity contribution >= 4 is 22.6 Å². The summed E-state index contributed by atoms with van der Waals surface area (Å²) in [5.74, 6) is 1.72. The molecule has 114 valence electrons. The van der Waals surface area contributed by atoms with Gasteiger partial charge >= 0.3 is 0 Å². The Balaban J connectivity index is 1.95. The molecule has 0 N–H and O–H groups in total. The van der Waals surface area contributed by atoms with Crippen molar-refractivity contribution in [3.63, 3.8) is 0 Å². The zero-order chi connectivity index (χ0) is 15.0. The van der Waals surface area contributed by atoms with Gasteiger partial charge in [0.25, 0.3) is 0 Å². The van der Waals surface area contributed by atoms with E-state index in [4.69, 9.17) is 21.3 Å². The summed E-state index contributed by atoms with van der Waals surface area (Å²) in [6.07, 6.45) is 2.65. The summed E-state index contributed by atoms with van der Waals surface area (Å²) in [6.45, 7) is 3.89. The molecule has 1 aliphatic rings. The van der Waals surface area contributed by atoms with Crippen LogP contribution in [0.25, 0.3) is 11.0 Å². The maximum Gasteiger partial charge on any atom is 0.146 e. The maximum atomic E-state index is 6.33. The smallest absolute Gasteiger partial charge is 0.146 e. The highest BCUT2D eigenvalue weighted by Crippen LogP contribution is 2.30. The van der Waals surface area contributed by atoms with E-state index in [2.05, 4.69) is 22.6 Å². The van der Waals surface area contributed by atoms with Gasteiger partial charge in [-0.25, -0.2) is 4.98 Å². The minimum Gasteiger partial charge on any atom is -0.494 e. The predicted molar refractivity (Wildman–Crippen MR) is 86.2 cm³/mol. The van der Waals surface area contributed by atoms with Crippen LogP contribution < -0.4 is 4.74 Å². The first-order valence-electron chi connectivity index (χ1n) is 7.49. The van der Waals surface area contributed by atoms with Crippen molar-refractivity contribution in [2.24, 2.45) is 0 Å². The van der Waals surface area contributed by atoms with Crippen LogP contribution in [0.4, 0.5) is 0 Å². The third-order valence-corrected chi connectivity index (χ3v) is 4.39. The first-order chi connectivity index (χ1) is 10.1. The predicted octanol–water partition coefficient (Wildman–Crippen LogP) is 3.44. The van der Waals surface area contributed by atoms with Crippen LogP contribution in [0.1, 0.15) is 31.0 Å². The van der Waals surface area contributed by atoms with Crippen LogP contribution in [0, 0.1) is 0 Å². The molecule has 0 spiro atoms. The van der Waals surface area contributed by atoms with Gasteiger partial charge in [0, 0.05) is 19.1 Å². The van der Waals surface area contributed by atoms with E-state index in [0.717, 1.165) is 41.7 Å². The number of methoxy groups -OCH3 is 1. The molecule has 0 radical (unpaired) electrons. The number of halogens is 1. The Morgan fingerprint density at radius 1 is 1.48 bits per heavy atom. The molecule has 2 aromatic rings. The molecule has 4 nitrogen and oxygen atoms in total. The maximum absolute atomic E-state index is 6.33. The molecule has 1 saturated carbocycles. The standard InChI is InChI=1S/C16H22ClN3O/c1-11(17)16-18-15-13(5-4-6-14(15)21-3)20(16)10-9-19(2)12-7-8-12/h4-6,11-12H,7-10H2,1-3H3. The fourth-order valence-corrected chi connectivity index (χ4v) is 2.96. The van der Waals surface area contributed by atoms with Gasteiger partial charge < -0.3 is 14.2 Å². The first kappa shape index (κ1) is 14.7. The molecule has 1 unspecified atom stereocenters. The zero-order valence-electron chi connectivity index (χ0n) is 12.8. The number of para-hydroxylation sites is 1. The van der Waals surface area contributed by atoms with Crippen molar-refractivity contribution in [1.29, 1.82) is 0 Å². The monoisotopic (exact) mass is 307 g/mol. The fraction of sp³-hybridized carbons (Fsp3) is 0.562. The number of fused-ring (bicyclic) bond motifs is 1. The number of likely N-dealkylation sites (N-methyl/N-ethyl adjacent to an activating group) is 1. The van der Waals surface area contributed by atoms with Gasteiger partial charge in [0.2, 0.25) is 0 Å². The van der Waals surface area contributed by atoms with E-state index in [9.17, 15) is 0 Å². The van der Waals surface area contributed by atoms with Gasteiger partial charge in [0.05, 0.1) is 18.0 Å². The normalized spacial score (nSPS) is 16.6. The van der Waals surface area contributed by atoms with Gasteiger partial charge in [-0.3, -0.25) is 0 Å². The van der Waals surface area contributed by atoms with Gasteiger partial charge in [-0.2, -0.15) is 0 Å². The summed E-state index contributed by atoms with van der Waals surface area (Å²) < 4.78 is 7.65. The molecular weight excluding hydrogens is 286 g/mol. The molecule has 0 bridgehead atoms. The molecule has 1 aliphatic carbocycles. The zero-order valence-corrected chi connectivity index (χ0v) is 13.6. The van der Waals surface area contributed by atoms with E-state index >= 15 is 0 Å². The van der Waals surface area contributed by atoms with Crippen LogP contribution in [-0.4, -0.2) is 41.2 Å². The Labute approximate surface area is 130 Å². The first-order valence-corrected chi connectivity index (χ1v) is 7.93. The summed E-state index contributed by atoms with van der Waals surface area (Å²) in [7, 11) is 3.87. The number of hydrogen-bond donors (Lipinski definition) is 0. The number of imidazole rings is 1. The Hall–Kier alpha value is -1.26. The number of alkyl halides is 1. The summed E-state index contributed by atoms with van der Waals surface area (Å²) in [4.78, 5) is 7.13. The van der Waals surface area contributed by atoms with Gasteiger partial charge in [0.1, 0.15) is 17.1 Å². The molecule has 0 saturated heterocycles. The second-order valence-corrected chi connectivity index (χ2v) is 6.43. The largest absolute Gasteiger partial charge is 0.494 e. The molecule has 1 fully saturated rings. The lowest BCUT2D eigenvalue weighted by Crippen LogP contribution is -2.25. The van der Waals surface area contributed by atoms with Crippen molar-refractivity contribution in [1.82, 2.24) is 14.5 Å². The molecular formula is C16H22ClN3O. The lowest BCUT2D eigenvalue weighted by atomic mass is 10.3. The average molecular weight is 308 g/mol. The van der Waals surface area contributed by atoms with Gasteiger partial charge in [-0.15, -0.1) is 11.6 Å². The highest BCUT2D eigenvalue weighted by atomic mass is 35.5. The van der Waals surface area contributed by atoms with E-state index < -0.39 is 0 Å². The number of ether oxygens (including phenoxy) is 1. The SMILES string of the molecule is COc1cccc2c1nc(C(C)Cl)n2CCN(C)C1CC1. The highest BCUT2D eigenvalue weighted by Gasteiger charge is 2.26. The van der Waals surface area contributed by atoms with Gasteiger partial charge in [0.15, 0.2) is 0 Å². The van der Waals surface area contributed by atoms with E-state index in [1.807, 2.05) is 19.1 Å². The number of aromatic nitrogens is 2. The third-order valence-electron chi connectivity index (χ3n) is 4.19. The second kappa shape index (κ2) is 5.85. The molecule has 1 atom stereocenters. The second-order valence-electron chi connectivity index (χ2n) is 5.78. The summed E-state index contributed by atoms with van der Waals surface area (Å²) in [5, 5.41) is -0.117. The Kier molecular flexibility index (Phi) is 4.09. The Morgan fingerprint density at radius 3 is 2.86 bits per heavy atom. The molecule has 0 amide bonds. The lowest BCUT2D eigenvalue weighted by molar-refractivity contribution is 0.309. The van der Waals surface area contributed by atoms with Crippen LogP contribution in [0.3, 0.4) is 0 Å². The van der Waals surface area contributed by atoms with Crippen LogP contribution in [-0.2, 0) is 6.54 Å². The lowest BCUT2D eigenvalue weighted by Gasteiger charge is -2.18. The minimum absolute atomic E-state index is 0.117. The number of hydrogen-bond acceptors (Lipinski definition) is 3. The third kappa shape index (κ3) is 2.87. The summed E-state index contributed by atoms with van der Waals surface area (Å²) in [5.41, 5.74) is 2.00. The summed E-state index contributed by atoms with van der Waals surface area (Å²) >= 11 is 6.33. The molecule has 5 heteroatoms. The van der Waals surface area contributed by atoms with Crippen LogP contribution in [0.5, 0.6) is 5.75 Å². The van der Waals surface area contributed by atoms with Crippen molar-refractivity contribution < 1.29 is 4.74 Å². The van der Waals surface area contributed by atoms with Crippen molar-refractivity contribution in [2.45, 2.75) is 37.7 Å². The fourth-order valence-electron chi connectivity index (χ4n) is 2.80. The van der Waals surface area contributed by atoms with Crippen molar-refractivity contribution in [3.05, 3.63) is 24.0 Å². The van der Waals surface area contributed by atoms with Crippen molar-refractivity contribution in [3.8, 4) is 5.75 Å². The highest BCUT2D eigenvalue weighted by molar-refractivity contribution is 6.20. The number of nitrogens with zero attached hydrogens (tertiary/aromatic N) is 3. The minimum atomic E-state index is -0.117. The van der Waals surface area contributed by atoms with Crippen LogP contribution in [0.15, 0.2) is 18.2 Å². The van der Waals surface area contributed by atoms with E-state index in [0.29, 0.717) is 0 Å². The quantitative estimate of drug-likeness (QED) is 0.766. The van der Waals surface area contributed by atoms with Crippen LogP contribution in [0.2, 0.25) is 0 Å². The molecule has 3 rings (SSSR count). The van der Waals surface area contributed by atoms with E-state index in [-0.39, 0.29) is 5.38 Å². The Bertz CT molecular complexity index is 634. The molecule has 21 heavy (non-hydrogen) atoms. The number of rotatable bonds is 6. The van der Waals surface area contributed by atoms with Gasteiger partial charge in [-0.05, 0) is 38.9 Å². The average Bonchev–Trinajstić information content (AvgIpc) is 3.25. The van der Waals surface area contributed by atoms with E-state index in [1.54, 1.807) is 7.11 Å². The summed E-state index contributed by atoms with van der Waals surface area (Å²) in [6, 6.07) is 6.81. The van der Waals surface area contributed by atoms with Crippen molar-refractivity contribution in [2.75, 3.05) is 20.7 Å². The molecule has 1 aromatic carbocycles.